The van der Waals surface area contributed by atoms with Gasteiger partial charge in [-0.15, -0.1) is 0 Å². The summed E-state index contributed by atoms with van der Waals surface area (Å²) in [6.07, 6.45) is -0.130. The number of halogens is 1. The third-order valence-corrected chi connectivity index (χ3v) is 2.58. The van der Waals surface area contributed by atoms with Crippen LogP contribution in [-0.2, 0) is 17.8 Å². The number of aryl methyl sites for hydroxylation is 1. The van der Waals surface area contributed by atoms with Crippen LogP contribution in [0.3, 0.4) is 0 Å². The van der Waals surface area contributed by atoms with Gasteiger partial charge in [-0.1, -0.05) is 12.1 Å². The highest BCUT2D eigenvalue weighted by Crippen LogP contribution is 2.21. The van der Waals surface area contributed by atoms with Crippen LogP contribution in [0.25, 0.3) is 11.3 Å². The Labute approximate surface area is 104 Å². The molecule has 0 aliphatic carbocycles. The molecule has 0 saturated heterocycles. The topological polar surface area (TPSA) is 55.1 Å². The van der Waals surface area contributed by atoms with E-state index in [0.717, 1.165) is 5.69 Å². The lowest BCUT2D eigenvalue weighted by Gasteiger charge is -2.04. The molecule has 0 amide bonds. The van der Waals surface area contributed by atoms with Crippen molar-refractivity contribution < 1.29 is 14.3 Å². The van der Waals surface area contributed by atoms with Gasteiger partial charge in [0.2, 0.25) is 0 Å². The summed E-state index contributed by atoms with van der Waals surface area (Å²) in [6, 6.07) is 7.86. The van der Waals surface area contributed by atoms with Gasteiger partial charge in [-0.3, -0.25) is 9.48 Å². The monoisotopic (exact) mass is 248 g/mol. The van der Waals surface area contributed by atoms with Gasteiger partial charge in [0.15, 0.2) is 0 Å². The summed E-state index contributed by atoms with van der Waals surface area (Å²) >= 11 is 0. The Balaban J connectivity index is 2.43. The molecule has 2 rings (SSSR count). The van der Waals surface area contributed by atoms with Gasteiger partial charge in [0.05, 0.1) is 17.8 Å². The minimum absolute atomic E-state index is 0.130. The number of carboxylic acid groups (broad SMARTS) is 1. The maximum Gasteiger partial charge on any atom is 0.309 e. The third-order valence-electron chi connectivity index (χ3n) is 2.58. The fourth-order valence-electron chi connectivity index (χ4n) is 1.83. The highest BCUT2D eigenvalue weighted by molar-refractivity contribution is 5.70. The summed E-state index contributed by atoms with van der Waals surface area (Å²) in [6.45, 7) is 2.51. The van der Waals surface area contributed by atoms with Crippen molar-refractivity contribution >= 4 is 5.97 Å². The summed E-state index contributed by atoms with van der Waals surface area (Å²) in [4.78, 5) is 10.7. The second kappa shape index (κ2) is 5.00. The van der Waals surface area contributed by atoms with E-state index in [1.165, 1.54) is 12.1 Å². The van der Waals surface area contributed by atoms with E-state index in [1.807, 2.05) is 6.92 Å². The fraction of sp³-hybridized carbons (Fsp3) is 0.231. The SMILES string of the molecule is CCn1nc(CC(=O)O)cc1-c1cccc(F)c1. The molecule has 0 fully saturated rings. The smallest absolute Gasteiger partial charge is 0.309 e. The summed E-state index contributed by atoms with van der Waals surface area (Å²) in [5.41, 5.74) is 1.90. The Hall–Kier alpha value is -2.17. The molecule has 0 saturated carbocycles. The van der Waals surface area contributed by atoms with Crippen LogP contribution in [0.1, 0.15) is 12.6 Å². The minimum Gasteiger partial charge on any atom is -0.481 e. The van der Waals surface area contributed by atoms with Crippen LogP contribution >= 0.6 is 0 Å². The van der Waals surface area contributed by atoms with Crippen LogP contribution < -0.4 is 0 Å². The molecule has 2 aromatic rings. The first-order chi connectivity index (χ1) is 8.60. The molecule has 1 aromatic heterocycles. The van der Waals surface area contributed by atoms with E-state index < -0.39 is 5.97 Å². The number of carboxylic acids is 1. The van der Waals surface area contributed by atoms with Crippen molar-refractivity contribution in [2.75, 3.05) is 0 Å². The molecule has 4 nitrogen and oxygen atoms in total. The molecule has 0 atom stereocenters. The molecule has 0 aliphatic heterocycles. The fourth-order valence-corrected chi connectivity index (χ4v) is 1.83. The van der Waals surface area contributed by atoms with Gasteiger partial charge < -0.3 is 5.11 Å². The Morgan fingerprint density at radius 2 is 2.22 bits per heavy atom. The van der Waals surface area contributed by atoms with E-state index in [-0.39, 0.29) is 12.2 Å². The molecule has 0 bridgehead atoms. The third kappa shape index (κ3) is 2.56. The summed E-state index contributed by atoms with van der Waals surface area (Å²) in [7, 11) is 0. The molecule has 1 aromatic carbocycles. The molecule has 5 heteroatoms. The van der Waals surface area contributed by atoms with Gasteiger partial charge >= 0.3 is 5.97 Å². The minimum atomic E-state index is -0.929. The maximum absolute atomic E-state index is 13.2. The summed E-state index contributed by atoms with van der Waals surface area (Å²) in [5.74, 6) is -1.25. The maximum atomic E-state index is 13.2. The normalized spacial score (nSPS) is 10.6. The van der Waals surface area contributed by atoms with Gasteiger partial charge in [-0.25, -0.2) is 4.39 Å². The molecule has 0 spiro atoms. The molecule has 0 aliphatic rings. The van der Waals surface area contributed by atoms with Gasteiger partial charge in [-0.05, 0) is 25.1 Å². The van der Waals surface area contributed by atoms with E-state index in [1.54, 1.807) is 22.9 Å². The van der Waals surface area contributed by atoms with Gasteiger partial charge in [0.25, 0.3) is 0 Å². The Morgan fingerprint density at radius 1 is 1.44 bits per heavy atom. The number of carbonyl (C=O) groups is 1. The summed E-state index contributed by atoms with van der Waals surface area (Å²) in [5, 5.41) is 12.9. The Kier molecular flexibility index (Phi) is 3.41. The molecule has 0 radical (unpaired) electrons. The van der Waals surface area contributed by atoms with Crippen molar-refractivity contribution in [2.45, 2.75) is 19.9 Å². The number of hydrogen-bond acceptors (Lipinski definition) is 2. The number of aliphatic carboxylic acids is 1. The number of rotatable bonds is 4. The van der Waals surface area contributed by atoms with Crippen molar-refractivity contribution in [3.8, 4) is 11.3 Å². The van der Waals surface area contributed by atoms with Gasteiger partial charge in [0.1, 0.15) is 5.82 Å². The lowest BCUT2D eigenvalue weighted by molar-refractivity contribution is -0.136. The second-order valence-electron chi connectivity index (χ2n) is 3.92. The van der Waals surface area contributed by atoms with E-state index in [4.69, 9.17) is 5.11 Å². The zero-order valence-electron chi connectivity index (χ0n) is 9.93. The zero-order valence-corrected chi connectivity index (χ0v) is 9.93. The largest absolute Gasteiger partial charge is 0.481 e. The first-order valence-corrected chi connectivity index (χ1v) is 5.64. The van der Waals surface area contributed by atoms with Gasteiger partial charge in [0, 0.05) is 12.1 Å². The predicted molar refractivity (Wildman–Crippen MR) is 64.6 cm³/mol. The predicted octanol–water partition coefficient (Wildman–Crippen LogP) is 2.34. The quantitative estimate of drug-likeness (QED) is 0.903. The Morgan fingerprint density at radius 3 is 2.83 bits per heavy atom. The van der Waals surface area contributed by atoms with E-state index >= 15 is 0 Å². The lowest BCUT2D eigenvalue weighted by atomic mass is 10.1. The molecule has 94 valence electrons. The standard InChI is InChI=1S/C13H13FN2O2/c1-2-16-12(7-11(15-16)8-13(17)18)9-4-3-5-10(14)6-9/h3-7H,2,8H2,1H3,(H,17,18). The average Bonchev–Trinajstić information content (AvgIpc) is 2.71. The van der Waals surface area contributed by atoms with Crippen LogP contribution in [0.15, 0.2) is 30.3 Å². The van der Waals surface area contributed by atoms with E-state index in [2.05, 4.69) is 5.10 Å². The van der Waals surface area contributed by atoms with Crippen LogP contribution in [0, 0.1) is 5.82 Å². The number of aromatic nitrogens is 2. The average molecular weight is 248 g/mol. The van der Waals surface area contributed by atoms with Crippen molar-refractivity contribution in [3.05, 3.63) is 41.8 Å². The van der Waals surface area contributed by atoms with Crippen LogP contribution in [0.5, 0.6) is 0 Å². The molecule has 1 N–H and O–H groups in total. The number of hydrogen-bond donors (Lipinski definition) is 1. The van der Waals surface area contributed by atoms with Crippen molar-refractivity contribution in [2.24, 2.45) is 0 Å². The Bertz CT molecular complexity index is 578. The van der Waals surface area contributed by atoms with E-state index in [9.17, 15) is 9.18 Å². The van der Waals surface area contributed by atoms with Crippen molar-refractivity contribution in [1.29, 1.82) is 0 Å². The second-order valence-corrected chi connectivity index (χ2v) is 3.92. The first-order valence-electron chi connectivity index (χ1n) is 5.64. The van der Waals surface area contributed by atoms with Crippen molar-refractivity contribution in [3.63, 3.8) is 0 Å². The highest BCUT2D eigenvalue weighted by Gasteiger charge is 2.11. The number of benzene rings is 1. The molecule has 1 heterocycles. The first kappa shape index (κ1) is 12.3. The molecular weight excluding hydrogens is 235 g/mol. The van der Waals surface area contributed by atoms with Crippen molar-refractivity contribution in [1.82, 2.24) is 9.78 Å². The van der Waals surface area contributed by atoms with Gasteiger partial charge in [-0.2, -0.15) is 5.10 Å². The molecule has 0 unspecified atom stereocenters. The highest BCUT2D eigenvalue weighted by atomic mass is 19.1. The van der Waals surface area contributed by atoms with Crippen LogP contribution in [0.2, 0.25) is 0 Å². The lowest BCUT2D eigenvalue weighted by Crippen LogP contribution is -2.03. The zero-order chi connectivity index (χ0) is 13.1. The van der Waals surface area contributed by atoms with Crippen LogP contribution in [-0.4, -0.2) is 20.9 Å². The molecular formula is C13H13FN2O2. The molecule has 18 heavy (non-hydrogen) atoms. The van der Waals surface area contributed by atoms with E-state index in [0.29, 0.717) is 17.8 Å². The van der Waals surface area contributed by atoms with Crippen LogP contribution in [0.4, 0.5) is 4.39 Å². The number of nitrogens with zero attached hydrogens (tertiary/aromatic N) is 2. The summed E-state index contributed by atoms with van der Waals surface area (Å²) < 4.78 is 14.9.